The molecule has 0 radical (unpaired) electrons. The normalized spacial score (nSPS) is 12.7. The van der Waals surface area contributed by atoms with E-state index in [-0.39, 0.29) is 63.5 Å². The maximum atomic E-state index is 13.8. The van der Waals surface area contributed by atoms with E-state index in [4.69, 9.17) is 11.6 Å². The number of hydrogen-bond acceptors (Lipinski definition) is 5. The molecule has 137 heavy (non-hydrogen) atoms. The summed E-state index contributed by atoms with van der Waals surface area (Å²) in [5, 5.41) is 11.5. The number of aliphatic hydroxyl groups excluding tert-OH is 1. The fraction of sp³-hybridized carbons (Fsp3) is 0.268. The van der Waals surface area contributed by atoms with Crippen LogP contribution in [0.2, 0.25) is 5.02 Å². The van der Waals surface area contributed by atoms with Crippen LogP contribution in [0.15, 0.2) is 255 Å². The highest BCUT2D eigenvalue weighted by atomic mass is 35.5. The second-order valence-electron chi connectivity index (χ2n) is 35.0. The van der Waals surface area contributed by atoms with Crippen molar-refractivity contribution in [3.05, 3.63) is 378 Å². The van der Waals surface area contributed by atoms with Gasteiger partial charge in [-0.1, -0.05) is 181 Å². The van der Waals surface area contributed by atoms with Gasteiger partial charge in [0.25, 0.3) is 0 Å². The average molecular weight is 1920 g/mol. The van der Waals surface area contributed by atoms with Gasteiger partial charge in [0, 0.05) is 74.2 Å². The summed E-state index contributed by atoms with van der Waals surface area (Å²) in [5.74, 6) is 13.5. The minimum atomic E-state index is -4.49. The van der Waals surface area contributed by atoms with E-state index in [9.17, 15) is 108 Å². The van der Waals surface area contributed by atoms with Crippen molar-refractivity contribution in [2.24, 2.45) is 23.7 Å². The molecule has 0 heterocycles. The molecule has 5 atom stereocenters. The molecule has 0 spiro atoms. The molecule has 12 rings (SSSR count). The first kappa shape index (κ1) is 108. The van der Waals surface area contributed by atoms with Crippen LogP contribution in [0.25, 0.3) is 44.5 Å². The van der Waals surface area contributed by atoms with E-state index in [0.29, 0.717) is 121 Å². The Morgan fingerprint density at radius 1 is 0.248 bits per heavy atom. The zero-order valence-electron chi connectivity index (χ0n) is 76.4. The van der Waals surface area contributed by atoms with Gasteiger partial charge in [-0.05, 0) is 319 Å². The lowest BCUT2D eigenvalue weighted by Crippen LogP contribution is -2.13. The zero-order valence-corrected chi connectivity index (χ0v) is 77.2. The fourth-order valence-electron chi connectivity index (χ4n) is 15.2. The summed E-state index contributed by atoms with van der Waals surface area (Å²) in [6, 6.07) is 57.1. The number of alkyl halides is 15. The molecule has 12 aromatic rings. The lowest BCUT2D eigenvalue weighted by atomic mass is 9.84. The van der Waals surface area contributed by atoms with Crippen LogP contribution in [-0.2, 0) is 50.1 Å². The largest absolute Gasteiger partial charge is 0.416 e. The Bertz CT molecular complexity index is 6390. The Morgan fingerprint density at radius 2 is 0.445 bits per heavy atom. The summed E-state index contributed by atoms with van der Waals surface area (Å²) in [6.45, 7) is 22.0. The van der Waals surface area contributed by atoms with E-state index in [2.05, 4.69) is 49.4 Å². The molecule has 5 unspecified atom stereocenters. The van der Waals surface area contributed by atoms with Crippen LogP contribution in [0.5, 0.6) is 0 Å². The van der Waals surface area contributed by atoms with E-state index < -0.39 is 106 Å². The van der Waals surface area contributed by atoms with Crippen molar-refractivity contribution in [1.29, 1.82) is 0 Å². The summed E-state index contributed by atoms with van der Waals surface area (Å²) in [7, 11) is 0. The van der Waals surface area contributed by atoms with Gasteiger partial charge in [0.05, 0.1) is 27.8 Å². The molecule has 0 aliphatic rings. The topological polar surface area (TPSA) is 88.5 Å². The monoisotopic (exact) mass is 1920 g/mol. The van der Waals surface area contributed by atoms with E-state index in [1.807, 2.05) is 71.9 Å². The zero-order chi connectivity index (χ0) is 101. The minimum Gasteiger partial charge on any atom is -0.384 e. The van der Waals surface area contributed by atoms with Gasteiger partial charge in [-0.3, -0.25) is 19.2 Å². The van der Waals surface area contributed by atoms with E-state index in [1.165, 1.54) is 81.4 Å². The first-order valence-electron chi connectivity index (χ1n) is 43.4. The van der Waals surface area contributed by atoms with Crippen molar-refractivity contribution in [2.75, 3.05) is 0 Å². The number of ketones is 4. The van der Waals surface area contributed by atoms with Crippen molar-refractivity contribution < 1.29 is 108 Å². The number of hydrogen-bond donors (Lipinski definition) is 1. The minimum absolute atomic E-state index is 0.0174. The number of rotatable bonds is 22. The molecule has 12 aromatic carbocycles. The predicted octanol–water partition coefficient (Wildman–Crippen LogP) is 31.9. The second kappa shape index (κ2) is 46.6. The summed E-state index contributed by atoms with van der Waals surface area (Å²) in [4.78, 5) is 49.7. The quantitative estimate of drug-likeness (QED) is 0.0539. The van der Waals surface area contributed by atoms with E-state index in [0.717, 1.165) is 108 Å². The number of benzene rings is 12. The third kappa shape index (κ3) is 32.3. The lowest BCUT2D eigenvalue weighted by molar-refractivity contribution is -0.138. The van der Waals surface area contributed by atoms with Gasteiger partial charge in [-0.25, -0.2) is 17.6 Å². The van der Waals surface area contributed by atoms with Crippen molar-refractivity contribution in [3.8, 4) is 80.0 Å². The summed E-state index contributed by atoms with van der Waals surface area (Å²) in [6.07, 6.45) is -21.3. The molecule has 714 valence electrons. The Morgan fingerprint density at radius 3 is 0.686 bits per heavy atom. The van der Waals surface area contributed by atoms with Gasteiger partial charge in [0.15, 0.2) is 0 Å². The van der Waals surface area contributed by atoms with Crippen LogP contribution in [0, 0.1) is 82.5 Å². The Kier molecular flexibility index (Phi) is 36.6. The van der Waals surface area contributed by atoms with Gasteiger partial charge in [-0.15, -0.1) is 0 Å². The number of carbonyl (C=O) groups is 4. The van der Waals surface area contributed by atoms with Gasteiger partial charge in [-0.2, -0.15) is 65.9 Å². The number of carbonyl (C=O) groups excluding carboxylic acids is 4. The smallest absolute Gasteiger partial charge is 0.384 e. The first-order chi connectivity index (χ1) is 64.0. The Labute approximate surface area is 789 Å². The predicted molar refractivity (Wildman–Crippen MR) is 497 cm³/mol. The molecular formula is C112H96ClF19O5. The molecular weight excluding hydrogens is 1820 g/mol. The maximum Gasteiger partial charge on any atom is 0.416 e. The molecule has 0 saturated heterocycles. The molecule has 0 aliphatic carbocycles. The molecule has 0 bridgehead atoms. The van der Waals surface area contributed by atoms with Crippen molar-refractivity contribution >= 4 is 34.7 Å². The maximum absolute atomic E-state index is 13.8. The van der Waals surface area contributed by atoms with Gasteiger partial charge >= 0.3 is 30.9 Å². The van der Waals surface area contributed by atoms with Crippen molar-refractivity contribution in [1.82, 2.24) is 0 Å². The number of halogens is 20. The molecule has 25 heteroatoms. The van der Waals surface area contributed by atoms with Crippen LogP contribution in [0.4, 0.5) is 83.4 Å². The van der Waals surface area contributed by atoms with Crippen LogP contribution < -0.4 is 0 Å². The Hall–Kier alpha value is -13.1. The van der Waals surface area contributed by atoms with Gasteiger partial charge < -0.3 is 5.11 Å². The fourth-order valence-corrected chi connectivity index (χ4v) is 15.3. The van der Waals surface area contributed by atoms with E-state index in [1.54, 1.807) is 73.7 Å². The highest BCUT2D eigenvalue weighted by Crippen LogP contribution is 2.42. The Balaban J connectivity index is 0.000000205. The van der Waals surface area contributed by atoms with E-state index >= 15 is 0 Å². The molecule has 0 aromatic heterocycles. The van der Waals surface area contributed by atoms with Gasteiger partial charge in [0.1, 0.15) is 52.5 Å². The first-order valence-corrected chi connectivity index (χ1v) is 43.8. The summed E-state index contributed by atoms with van der Waals surface area (Å²) < 4.78 is 249. The molecule has 0 fully saturated rings. The van der Waals surface area contributed by atoms with Crippen molar-refractivity contribution in [3.63, 3.8) is 0 Å². The molecule has 0 saturated carbocycles. The molecule has 5 nitrogen and oxygen atoms in total. The highest BCUT2D eigenvalue weighted by molar-refractivity contribution is 6.30. The second-order valence-corrected chi connectivity index (χ2v) is 35.4. The van der Waals surface area contributed by atoms with Crippen molar-refractivity contribution in [2.45, 2.75) is 169 Å². The van der Waals surface area contributed by atoms with Crippen LogP contribution in [0.3, 0.4) is 0 Å². The number of Topliss-reactive ketones (excluding diaryl/α,β-unsaturated/α-hetero) is 4. The van der Waals surface area contributed by atoms with Crippen LogP contribution in [-0.4, -0.2) is 28.2 Å². The average Bonchev–Trinajstić information content (AvgIpc) is 0.785. The molecule has 1 N–H and O–H groups in total. The molecule has 0 amide bonds. The SMILES string of the molecule is CC(=O)C(CC(C)C)c1cc(-c2ccc(C(F)(F)F)cc2)cc(C(O)c2cc(F)cc(F)c2)c1.CC(=O)C(CC(C)C)c1cc(C#Cc2cc(F)cc(F)c2)cc(-c2ccc(C(F)(F)F)cc2)c1.CC(=O)C(CC(C)C)c1cc(C#Cc2ccc(C(F)(F)F)cc2)cc(-c2ccc(C(F)(F)F)cc2)c1.CC(=O)C(CC(C)C)c1cc(C#Cc2ccc(Cl)cc2)cc(-c2ccc(C(F)(F)F)cc2)c1. The standard InChI is InChI=1S/C29H24F6O.C28H24ClF3O.C28H23F5O.C27H25F5O2/c1-18(2)14-27(19(3)36)24-16-21(5-4-20-6-10-25(11-7-20)28(30,31)32)15-23(17-24)22-8-12-26(13-9-22)29(33,34)35;1-18(2)14-27(19(3)33)24-16-21(5-4-20-6-12-26(29)13-7-20)15-23(17-24)22-8-10-25(11-9-22)28(30,31)32;1-17(2)10-27(18(3)34)23-12-19(4-5-20-13-25(29)16-26(30)14-20)11-22(15-23)21-6-8-24(9-7-21)28(31,32)33;1-15(2)8-25(16(3)33)19-9-18(17-4-6-22(7-5-17)27(30,31)32)10-20(11-19)26(34)21-12-23(28)14-24(29)13-21/h6-13,15-18,27H,14H2,1-3H3;6-13,15-18,27H,14H2,1-3H3;6-9,11-17,27H,10H2,1-3H3;4-7,9-15,25-26,34H,8H2,1-3H3. The third-order valence-corrected chi connectivity index (χ3v) is 22.2. The van der Waals surface area contributed by atoms with Crippen LogP contribution >= 0.6 is 11.6 Å². The number of aliphatic hydroxyl groups is 1. The van der Waals surface area contributed by atoms with Crippen LogP contribution in [0.1, 0.15) is 233 Å². The summed E-state index contributed by atoms with van der Waals surface area (Å²) >= 11 is 5.93. The molecule has 0 aliphatic heterocycles. The highest BCUT2D eigenvalue weighted by Gasteiger charge is 2.35. The van der Waals surface area contributed by atoms with Gasteiger partial charge in [0.2, 0.25) is 0 Å². The summed E-state index contributed by atoms with van der Waals surface area (Å²) in [5.41, 5.74) is 6.67. The third-order valence-electron chi connectivity index (χ3n) is 21.9. The lowest BCUT2D eigenvalue weighted by Gasteiger charge is -2.21.